The lowest BCUT2D eigenvalue weighted by Crippen LogP contribution is -2.01. The van der Waals surface area contributed by atoms with Gasteiger partial charge in [-0.15, -0.1) is 0 Å². The molecule has 4 heteroatoms. The molecule has 4 rings (SSSR count). The third kappa shape index (κ3) is 2.16. The van der Waals surface area contributed by atoms with Crippen LogP contribution in [-0.2, 0) is 4.74 Å². The largest absolute Gasteiger partial charge is 0.465 e. The second kappa shape index (κ2) is 5.25. The van der Waals surface area contributed by atoms with Crippen molar-refractivity contribution in [2.45, 2.75) is 0 Å². The molecule has 0 atom stereocenters. The molecule has 23 heavy (non-hydrogen) atoms. The van der Waals surface area contributed by atoms with Gasteiger partial charge in [-0.25, -0.2) is 4.79 Å². The Morgan fingerprint density at radius 1 is 1.13 bits per heavy atom. The van der Waals surface area contributed by atoms with Gasteiger partial charge in [0.25, 0.3) is 0 Å². The van der Waals surface area contributed by atoms with Gasteiger partial charge >= 0.3 is 5.97 Å². The maximum absolute atomic E-state index is 11.8. The standard InChI is InChI=1S/C19H14N2O2/c1-23-19(22)14-7-6-13-10-18-16-5-3-2-4-15(16)12-20-8-9-21(18)17(13)11-14/h2-12H,1H3/b9-8-,20-12?. The fourth-order valence-electron chi connectivity index (χ4n) is 2.91. The Morgan fingerprint density at radius 2 is 2.00 bits per heavy atom. The maximum atomic E-state index is 11.8. The average Bonchev–Trinajstić information content (AvgIpc) is 2.93. The Hall–Kier alpha value is -3.14. The normalized spacial score (nSPS) is 13.8. The summed E-state index contributed by atoms with van der Waals surface area (Å²) in [6.07, 6.45) is 5.52. The number of rotatable bonds is 1. The molecule has 0 spiro atoms. The minimum Gasteiger partial charge on any atom is -0.465 e. The highest BCUT2D eigenvalue weighted by molar-refractivity contribution is 5.99. The lowest BCUT2D eigenvalue weighted by Gasteiger charge is -2.10. The van der Waals surface area contributed by atoms with Crippen LogP contribution in [-0.4, -0.2) is 23.9 Å². The van der Waals surface area contributed by atoms with Crippen molar-refractivity contribution in [2.75, 3.05) is 7.11 Å². The first kappa shape index (κ1) is 13.5. The van der Waals surface area contributed by atoms with Crippen molar-refractivity contribution in [2.24, 2.45) is 4.99 Å². The van der Waals surface area contributed by atoms with E-state index in [1.165, 1.54) is 7.11 Å². The van der Waals surface area contributed by atoms with Crippen molar-refractivity contribution >= 4 is 29.3 Å². The van der Waals surface area contributed by atoms with E-state index in [0.29, 0.717) is 5.56 Å². The van der Waals surface area contributed by atoms with E-state index < -0.39 is 0 Å². The van der Waals surface area contributed by atoms with E-state index in [-0.39, 0.29) is 5.97 Å². The number of benzene rings is 2. The van der Waals surface area contributed by atoms with Crippen LogP contribution in [0, 0.1) is 0 Å². The molecule has 0 N–H and O–H groups in total. The number of hydrogen-bond acceptors (Lipinski definition) is 3. The quantitative estimate of drug-likeness (QED) is 0.639. The van der Waals surface area contributed by atoms with Crippen molar-refractivity contribution in [3.05, 3.63) is 65.9 Å². The number of carbonyl (C=O) groups excluding carboxylic acids is 1. The van der Waals surface area contributed by atoms with Crippen molar-refractivity contribution in [1.82, 2.24) is 4.57 Å². The molecule has 4 nitrogen and oxygen atoms in total. The SMILES string of the molecule is COC(=O)c1ccc2cc3n(c2c1)/C=C\N=Cc1ccccc1-3. The third-order valence-corrected chi connectivity index (χ3v) is 4.01. The minimum absolute atomic E-state index is 0.337. The molecule has 1 aromatic heterocycles. The number of aromatic nitrogens is 1. The van der Waals surface area contributed by atoms with Crippen molar-refractivity contribution < 1.29 is 9.53 Å². The monoisotopic (exact) mass is 302 g/mol. The Morgan fingerprint density at radius 3 is 2.87 bits per heavy atom. The summed E-state index contributed by atoms with van der Waals surface area (Å²) < 4.78 is 6.87. The smallest absolute Gasteiger partial charge is 0.337 e. The number of hydrogen-bond donors (Lipinski definition) is 0. The number of nitrogens with zero attached hydrogens (tertiary/aromatic N) is 2. The van der Waals surface area contributed by atoms with Gasteiger partial charge in [0.2, 0.25) is 0 Å². The van der Waals surface area contributed by atoms with Gasteiger partial charge in [-0.1, -0.05) is 30.3 Å². The highest BCUT2D eigenvalue weighted by atomic mass is 16.5. The number of ether oxygens (including phenoxy) is 1. The van der Waals surface area contributed by atoms with Gasteiger partial charge in [0.05, 0.1) is 23.9 Å². The zero-order chi connectivity index (χ0) is 15.8. The summed E-state index contributed by atoms with van der Waals surface area (Å²) in [7, 11) is 1.39. The molecular formula is C19H14N2O2. The third-order valence-electron chi connectivity index (χ3n) is 4.01. The van der Waals surface area contributed by atoms with Gasteiger partial charge in [-0.05, 0) is 18.2 Å². The lowest BCUT2D eigenvalue weighted by atomic mass is 10.0. The van der Waals surface area contributed by atoms with Gasteiger partial charge < -0.3 is 9.30 Å². The molecule has 0 saturated heterocycles. The first-order valence-electron chi connectivity index (χ1n) is 7.30. The molecule has 2 aromatic carbocycles. The van der Waals surface area contributed by atoms with Gasteiger partial charge in [0, 0.05) is 35.1 Å². The Bertz CT molecular complexity index is 980. The van der Waals surface area contributed by atoms with Gasteiger partial charge in [-0.2, -0.15) is 0 Å². The zero-order valence-electron chi connectivity index (χ0n) is 12.6. The molecule has 3 aromatic rings. The van der Waals surface area contributed by atoms with E-state index in [2.05, 4.69) is 21.7 Å². The van der Waals surface area contributed by atoms with Gasteiger partial charge in [-0.3, -0.25) is 4.99 Å². The highest BCUT2D eigenvalue weighted by Crippen LogP contribution is 2.31. The molecule has 112 valence electrons. The van der Waals surface area contributed by atoms with Crippen molar-refractivity contribution in [3.8, 4) is 11.3 Å². The fourth-order valence-corrected chi connectivity index (χ4v) is 2.91. The molecule has 1 aliphatic rings. The molecular weight excluding hydrogens is 288 g/mol. The fraction of sp³-hybridized carbons (Fsp3) is 0.0526. The zero-order valence-corrected chi connectivity index (χ0v) is 12.6. The number of carbonyl (C=O) groups is 1. The number of aliphatic imine (C=N–C) groups is 1. The summed E-state index contributed by atoms with van der Waals surface area (Å²) in [6, 6.07) is 15.8. The predicted octanol–water partition coefficient (Wildman–Crippen LogP) is 3.96. The summed E-state index contributed by atoms with van der Waals surface area (Å²) in [6.45, 7) is 0. The van der Waals surface area contributed by atoms with E-state index >= 15 is 0 Å². The summed E-state index contributed by atoms with van der Waals surface area (Å²) in [4.78, 5) is 16.1. The second-order valence-corrected chi connectivity index (χ2v) is 5.33. The minimum atomic E-state index is -0.337. The van der Waals surface area contributed by atoms with E-state index in [4.69, 9.17) is 4.74 Å². The van der Waals surface area contributed by atoms with E-state index in [1.54, 1.807) is 12.3 Å². The van der Waals surface area contributed by atoms with Crippen LogP contribution in [0.4, 0.5) is 0 Å². The van der Waals surface area contributed by atoms with E-state index in [9.17, 15) is 4.79 Å². The molecule has 0 saturated carbocycles. The number of esters is 1. The summed E-state index contributed by atoms with van der Waals surface area (Å²) in [5.74, 6) is -0.337. The predicted molar refractivity (Wildman–Crippen MR) is 91.6 cm³/mol. The highest BCUT2D eigenvalue weighted by Gasteiger charge is 2.15. The van der Waals surface area contributed by atoms with Crippen LogP contribution >= 0.6 is 0 Å². The van der Waals surface area contributed by atoms with E-state index in [0.717, 1.165) is 27.7 Å². The maximum Gasteiger partial charge on any atom is 0.337 e. The lowest BCUT2D eigenvalue weighted by molar-refractivity contribution is 0.0601. The van der Waals surface area contributed by atoms with Gasteiger partial charge in [0.1, 0.15) is 0 Å². The molecule has 0 bridgehead atoms. The summed E-state index contributed by atoms with van der Waals surface area (Å²) in [5, 5.41) is 1.06. The molecule has 0 radical (unpaired) electrons. The summed E-state index contributed by atoms with van der Waals surface area (Å²) in [5.41, 5.74) is 4.73. The Balaban J connectivity index is 2.02. The Labute approximate surface area is 133 Å². The molecule has 0 aliphatic carbocycles. The van der Waals surface area contributed by atoms with Crippen LogP contribution in [0.15, 0.2) is 59.7 Å². The van der Waals surface area contributed by atoms with Crippen LogP contribution in [0.1, 0.15) is 15.9 Å². The van der Waals surface area contributed by atoms with Crippen LogP contribution in [0.3, 0.4) is 0 Å². The molecule has 0 amide bonds. The van der Waals surface area contributed by atoms with Crippen molar-refractivity contribution in [3.63, 3.8) is 0 Å². The molecule has 2 heterocycles. The molecule has 0 fully saturated rings. The number of methoxy groups -OCH3 is 1. The van der Waals surface area contributed by atoms with Gasteiger partial charge in [0.15, 0.2) is 0 Å². The van der Waals surface area contributed by atoms with Crippen LogP contribution in [0.5, 0.6) is 0 Å². The van der Waals surface area contributed by atoms with Crippen molar-refractivity contribution in [1.29, 1.82) is 0 Å². The molecule has 1 aliphatic heterocycles. The van der Waals surface area contributed by atoms with Crippen LogP contribution < -0.4 is 0 Å². The topological polar surface area (TPSA) is 43.6 Å². The molecule has 0 unspecified atom stereocenters. The van der Waals surface area contributed by atoms with Crippen LogP contribution in [0.2, 0.25) is 0 Å². The Kier molecular flexibility index (Phi) is 3.08. The average molecular weight is 302 g/mol. The first-order chi connectivity index (χ1) is 11.3. The number of fused-ring (bicyclic) bond motifs is 5. The first-order valence-corrected chi connectivity index (χ1v) is 7.30. The van der Waals surface area contributed by atoms with E-state index in [1.807, 2.05) is 42.7 Å². The second-order valence-electron chi connectivity index (χ2n) is 5.33. The summed E-state index contributed by atoms with van der Waals surface area (Å²) >= 11 is 0. The van der Waals surface area contributed by atoms with Crippen LogP contribution in [0.25, 0.3) is 28.4 Å².